The van der Waals surface area contributed by atoms with Crippen LogP contribution in [0.2, 0.25) is 0 Å². The molecule has 72 heavy (non-hydrogen) atoms. The molecule has 2 aromatic heterocycles. The smallest absolute Gasteiger partial charge is 0.208 e. The van der Waals surface area contributed by atoms with Crippen LogP contribution >= 0.6 is 0 Å². The van der Waals surface area contributed by atoms with Crippen LogP contribution in [0.15, 0.2) is 194 Å². The van der Waals surface area contributed by atoms with E-state index in [0.717, 1.165) is 44.2 Å². The molecule has 0 N–H and O–H groups in total. The summed E-state index contributed by atoms with van der Waals surface area (Å²) in [5, 5.41) is 4.54. The second-order valence-corrected chi connectivity index (χ2v) is 19.6. The highest BCUT2D eigenvalue weighted by Gasteiger charge is 2.43. The molecule has 9 aromatic carbocycles. The van der Waals surface area contributed by atoms with E-state index in [4.69, 9.17) is 29.9 Å². The lowest BCUT2D eigenvalue weighted by Gasteiger charge is -2.24. The predicted molar refractivity (Wildman–Crippen MR) is 290 cm³/mol. The fraction of sp³-hybridized carbons (Fsp3) is 0.0909. The summed E-state index contributed by atoms with van der Waals surface area (Å²) < 4.78 is 0. The molecule has 6 nitrogen and oxygen atoms in total. The lowest BCUT2D eigenvalue weighted by atomic mass is 9.79. The summed E-state index contributed by atoms with van der Waals surface area (Å²) in [6, 6.07) is 67.0. The van der Waals surface area contributed by atoms with Crippen LogP contribution in [0, 0.1) is 23.7 Å². The summed E-state index contributed by atoms with van der Waals surface area (Å²) >= 11 is 0. The highest BCUT2D eigenvalue weighted by molar-refractivity contribution is 6.09. The van der Waals surface area contributed by atoms with Gasteiger partial charge in [-0.05, 0) is 102 Å². The lowest BCUT2D eigenvalue weighted by Crippen LogP contribution is -2.17. The van der Waals surface area contributed by atoms with Gasteiger partial charge in [0.05, 0.1) is 0 Å². The van der Waals surface area contributed by atoms with Crippen molar-refractivity contribution in [1.82, 2.24) is 29.9 Å². The van der Waals surface area contributed by atoms with Gasteiger partial charge >= 0.3 is 0 Å². The Bertz CT molecular complexity index is 3750. The molecule has 0 bridgehead atoms. The first-order valence-corrected chi connectivity index (χ1v) is 24.3. The van der Waals surface area contributed by atoms with Crippen molar-refractivity contribution in [1.29, 1.82) is 0 Å². The van der Waals surface area contributed by atoms with E-state index in [0.29, 0.717) is 34.9 Å². The van der Waals surface area contributed by atoms with Crippen LogP contribution in [-0.2, 0) is 10.8 Å². The van der Waals surface area contributed by atoms with Gasteiger partial charge in [0.2, 0.25) is 11.6 Å². The first kappa shape index (κ1) is 42.7. The van der Waals surface area contributed by atoms with Gasteiger partial charge in [0.15, 0.2) is 23.3 Å². The number of benzene rings is 9. The average Bonchev–Trinajstić information content (AvgIpc) is 3.80. The van der Waals surface area contributed by atoms with Gasteiger partial charge in [0.1, 0.15) is 0 Å². The van der Waals surface area contributed by atoms with Crippen molar-refractivity contribution < 1.29 is 0 Å². The second-order valence-electron chi connectivity index (χ2n) is 19.6. The summed E-state index contributed by atoms with van der Waals surface area (Å²) in [4.78, 5) is 29.3. The van der Waals surface area contributed by atoms with Crippen LogP contribution < -0.4 is 0 Å². The van der Waals surface area contributed by atoms with Crippen molar-refractivity contribution in [3.05, 3.63) is 239 Å². The Kier molecular flexibility index (Phi) is 9.89. The van der Waals surface area contributed by atoms with E-state index in [9.17, 15) is 0 Å². The molecule has 13 rings (SSSR count). The Morgan fingerprint density at radius 2 is 0.583 bits per heavy atom. The number of aromatic nitrogens is 6. The van der Waals surface area contributed by atoms with E-state index in [1.165, 1.54) is 55.3 Å². The van der Waals surface area contributed by atoms with Crippen LogP contribution in [0.1, 0.15) is 72.7 Å². The highest BCUT2D eigenvalue weighted by Crippen LogP contribution is 2.59. The normalized spacial score (nSPS) is 13.3. The van der Waals surface area contributed by atoms with E-state index in [1.54, 1.807) is 0 Å². The van der Waals surface area contributed by atoms with Gasteiger partial charge in [-0.15, -0.1) is 0 Å². The van der Waals surface area contributed by atoms with Gasteiger partial charge in [0, 0.05) is 44.2 Å². The van der Waals surface area contributed by atoms with Crippen LogP contribution in [-0.4, -0.2) is 29.9 Å². The second kappa shape index (κ2) is 16.7. The van der Waals surface area contributed by atoms with Gasteiger partial charge in [0.25, 0.3) is 0 Å². The number of hydrogen-bond donors (Lipinski definition) is 0. The number of hydrogen-bond acceptors (Lipinski definition) is 6. The summed E-state index contributed by atoms with van der Waals surface area (Å²) in [5.74, 6) is 17.1. The summed E-state index contributed by atoms with van der Waals surface area (Å²) in [6.07, 6.45) is 0. The zero-order chi connectivity index (χ0) is 48.6. The Hall–Kier alpha value is -9.36. The van der Waals surface area contributed by atoms with E-state index >= 15 is 0 Å². The first-order valence-electron chi connectivity index (χ1n) is 24.3. The maximum absolute atomic E-state index is 4.89. The molecule has 2 aliphatic rings. The zero-order valence-electron chi connectivity index (χ0n) is 40.2. The fourth-order valence-electron chi connectivity index (χ4n) is 10.8. The predicted octanol–water partition coefficient (Wildman–Crippen LogP) is 14.4. The molecule has 0 atom stereocenters. The molecule has 0 fully saturated rings. The van der Waals surface area contributed by atoms with Crippen LogP contribution in [0.25, 0.3) is 89.4 Å². The Morgan fingerprint density at radius 1 is 0.292 bits per heavy atom. The van der Waals surface area contributed by atoms with Crippen molar-refractivity contribution in [3.63, 3.8) is 0 Å². The summed E-state index contributed by atoms with van der Waals surface area (Å²) in [5.41, 5.74) is 15.1. The summed E-state index contributed by atoms with van der Waals surface area (Å²) in [6.45, 7) is 9.41. The standard InChI is InChI=1S/C66H44N6/c1-65(2)53-39-52-54(40-51(53)59-49-31-19-17-29-47(49)45(37-55(59)65)33-35-57-67-61(41-21-9-5-10-22-41)71-62(68-57)42-23-11-6-12-24-42)66(3,4)56-38-46(48-30-18-20-32-50(48)60(52)56)34-36-58-69-63(43-25-13-7-14-26-43)72-64(70-58)44-27-15-8-16-28-44/h5-32,37-40H,1-4H3. The third-order valence-electron chi connectivity index (χ3n) is 14.5. The van der Waals surface area contributed by atoms with Crippen LogP contribution in [0.4, 0.5) is 0 Å². The maximum Gasteiger partial charge on any atom is 0.209 e. The highest BCUT2D eigenvalue weighted by atomic mass is 15.0. The number of nitrogens with zero attached hydrogens (tertiary/aromatic N) is 6. The maximum atomic E-state index is 4.89. The summed E-state index contributed by atoms with van der Waals surface area (Å²) in [7, 11) is 0. The fourth-order valence-corrected chi connectivity index (χ4v) is 10.8. The van der Waals surface area contributed by atoms with Gasteiger partial charge in [-0.25, -0.2) is 29.9 Å². The molecular formula is C66H44N6. The lowest BCUT2D eigenvalue weighted by molar-refractivity contribution is 0.652. The van der Waals surface area contributed by atoms with E-state index in [2.05, 4.69) is 124 Å². The van der Waals surface area contributed by atoms with E-state index in [-0.39, 0.29) is 10.8 Å². The molecule has 0 unspecified atom stereocenters. The largest absolute Gasteiger partial charge is 0.209 e. The Balaban J connectivity index is 0.924. The van der Waals surface area contributed by atoms with E-state index < -0.39 is 0 Å². The molecule has 0 amide bonds. The SMILES string of the molecule is CC1(C)c2cc3c(cc2-c2c1cc(C#Cc1nc(-c4ccccc4)nc(-c4ccccc4)n1)c1ccccc21)C(C)(C)c1cc(C#Cc2nc(-c4ccccc4)nc(-c4ccccc4)n2)c2ccccc2c1-3. The zero-order valence-corrected chi connectivity index (χ0v) is 40.2. The molecule has 0 spiro atoms. The van der Waals surface area contributed by atoms with Gasteiger partial charge < -0.3 is 0 Å². The van der Waals surface area contributed by atoms with Crippen molar-refractivity contribution in [2.45, 2.75) is 38.5 Å². The van der Waals surface area contributed by atoms with Crippen molar-refractivity contribution in [2.24, 2.45) is 0 Å². The van der Waals surface area contributed by atoms with Crippen molar-refractivity contribution >= 4 is 21.5 Å². The topological polar surface area (TPSA) is 77.3 Å². The Labute approximate surface area is 418 Å². The van der Waals surface area contributed by atoms with Crippen LogP contribution in [0.5, 0.6) is 0 Å². The van der Waals surface area contributed by atoms with Gasteiger partial charge in [-0.3, -0.25) is 0 Å². The molecule has 11 aromatic rings. The molecule has 0 radical (unpaired) electrons. The molecule has 0 aliphatic heterocycles. The molecule has 2 aliphatic carbocycles. The molecular weight excluding hydrogens is 877 g/mol. The van der Waals surface area contributed by atoms with Crippen molar-refractivity contribution in [2.75, 3.05) is 0 Å². The minimum Gasteiger partial charge on any atom is -0.208 e. The first-order chi connectivity index (χ1) is 35.2. The molecule has 0 saturated heterocycles. The monoisotopic (exact) mass is 920 g/mol. The molecule has 6 heteroatoms. The van der Waals surface area contributed by atoms with Gasteiger partial charge in [-0.2, -0.15) is 0 Å². The third-order valence-corrected chi connectivity index (χ3v) is 14.5. The van der Waals surface area contributed by atoms with Crippen LogP contribution in [0.3, 0.4) is 0 Å². The average molecular weight is 921 g/mol. The number of rotatable bonds is 4. The molecule has 338 valence electrons. The molecule has 2 heterocycles. The quantitative estimate of drug-likeness (QED) is 0.164. The Morgan fingerprint density at radius 3 is 0.903 bits per heavy atom. The third kappa shape index (κ3) is 7.07. The number of fused-ring (bicyclic) bond motifs is 10. The minimum absolute atomic E-state index is 0.329. The van der Waals surface area contributed by atoms with Gasteiger partial charge in [-0.1, -0.05) is 209 Å². The molecule has 0 saturated carbocycles. The minimum atomic E-state index is -0.329. The van der Waals surface area contributed by atoms with Crippen molar-refractivity contribution in [3.8, 4) is 91.5 Å². The van der Waals surface area contributed by atoms with E-state index in [1.807, 2.05) is 121 Å².